The van der Waals surface area contributed by atoms with E-state index in [0.29, 0.717) is 0 Å². The number of fused-ring (bicyclic) bond motifs is 1. The summed E-state index contributed by atoms with van der Waals surface area (Å²) in [6.07, 6.45) is 18.6. The van der Waals surface area contributed by atoms with Crippen LogP contribution < -0.4 is 16.6 Å². The van der Waals surface area contributed by atoms with Gasteiger partial charge in [0.05, 0.1) is 6.33 Å². The summed E-state index contributed by atoms with van der Waals surface area (Å²) in [5, 5.41) is 2.57. The lowest BCUT2D eigenvalue weighted by Gasteiger charge is -2.25. The average molecular weight is 721 g/mol. The maximum absolute atomic E-state index is 13.0. The van der Waals surface area contributed by atoms with Gasteiger partial charge in [0.1, 0.15) is 37.7 Å². The van der Waals surface area contributed by atoms with Gasteiger partial charge in [-0.15, -0.1) is 0 Å². The van der Waals surface area contributed by atoms with Gasteiger partial charge in [0.2, 0.25) is 5.95 Å². The first-order valence-electron chi connectivity index (χ1n) is 18.9. The Morgan fingerprint density at radius 2 is 1.43 bits per heavy atom. The van der Waals surface area contributed by atoms with Crippen molar-refractivity contribution in [2.45, 2.75) is 169 Å². The number of amides is 1. The molecule has 2 heterocycles. The number of nitrogens with one attached hydrogen (secondary N) is 2. The number of hydrogen-bond acceptors (Lipinski definition) is 11. The van der Waals surface area contributed by atoms with E-state index in [1.165, 1.54) is 87.9 Å². The zero-order valence-electron chi connectivity index (χ0n) is 31.9. The van der Waals surface area contributed by atoms with Crippen LogP contribution in [0.1, 0.15) is 144 Å². The van der Waals surface area contributed by atoms with Crippen LogP contribution in [0.15, 0.2) is 11.1 Å². The number of imidazole rings is 1. The Hall–Kier alpha value is -3.68. The quantitative estimate of drug-likeness (QED) is 0.0518. The number of nitrogens with two attached hydrogens (primary N) is 1. The van der Waals surface area contributed by atoms with E-state index in [-0.39, 0.29) is 55.4 Å². The molecule has 0 radical (unpaired) electrons. The first-order chi connectivity index (χ1) is 24.3. The number of carbonyl (C=O) groups is 3. The van der Waals surface area contributed by atoms with Crippen LogP contribution >= 0.6 is 0 Å². The van der Waals surface area contributed by atoms with Crippen LogP contribution in [0.25, 0.3) is 11.2 Å². The normalized spacial score (nSPS) is 12.9. The molecule has 0 bridgehead atoms. The van der Waals surface area contributed by atoms with Crippen molar-refractivity contribution in [2.24, 2.45) is 5.92 Å². The van der Waals surface area contributed by atoms with Crippen molar-refractivity contribution in [3.8, 4) is 0 Å². The number of alkyl carbamates (subject to hydrolysis) is 1. The molecule has 0 fully saturated rings. The number of hydrogen-bond donors (Lipinski definition) is 3. The van der Waals surface area contributed by atoms with Crippen LogP contribution in [0.5, 0.6) is 0 Å². The molecule has 0 saturated heterocycles. The molecule has 0 spiro atoms. The second-order valence-electron chi connectivity index (χ2n) is 14.6. The summed E-state index contributed by atoms with van der Waals surface area (Å²) >= 11 is 0. The third-order valence-electron chi connectivity index (χ3n) is 8.36. The summed E-state index contributed by atoms with van der Waals surface area (Å²) in [6, 6.07) is -0.982. The van der Waals surface area contributed by atoms with Crippen molar-refractivity contribution in [3.63, 3.8) is 0 Å². The summed E-state index contributed by atoms with van der Waals surface area (Å²) in [5.74, 6) is -1.44. The highest BCUT2D eigenvalue weighted by Gasteiger charge is 2.29. The fraction of sp³-hybridized carbons (Fsp3) is 0.784. The molecule has 2 rings (SSSR count). The SMILES string of the molecule is CCCCCCCCCCCCCCCCCC(=O)OCC(COC(=O)[C@@H](NC(=O)OC(C)(C)C)C(C)C)OCn1cnc2c(=O)[nH]c(N)nc21. The summed E-state index contributed by atoms with van der Waals surface area (Å²) in [6.45, 7) is 10.4. The first kappa shape index (κ1) is 43.5. The Bertz CT molecular complexity index is 1370. The average Bonchev–Trinajstić information content (AvgIpc) is 3.46. The molecule has 0 aliphatic carbocycles. The van der Waals surface area contributed by atoms with Gasteiger partial charge in [-0.25, -0.2) is 14.6 Å². The molecule has 2 aromatic heterocycles. The van der Waals surface area contributed by atoms with Crippen molar-refractivity contribution < 1.29 is 33.3 Å². The Balaban J connectivity index is 1.81. The number of anilines is 1. The summed E-state index contributed by atoms with van der Waals surface area (Å²) in [7, 11) is 0. The number of nitrogens with zero attached hydrogens (tertiary/aromatic N) is 3. The minimum Gasteiger partial charge on any atom is -0.463 e. The smallest absolute Gasteiger partial charge is 0.408 e. The van der Waals surface area contributed by atoms with E-state index < -0.39 is 35.4 Å². The Kier molecular flexibility index (Phi) is 20.2. The molecule has 14 nitrogen and oxygen atoms in total. The summed E-state index contributed by atoms with van der Waals surface area (Å²) in [4.78, 5) is 60.8. The van der Waals surface area contributed by atoms with Crippen LogP contribution in [-0.2, 0) is 35.3 Å². The van der Waals surface area contributed by atoms with E-state index in [0.717, 1.165) is 19.3 Å². The number of rotatable bonds is 26. The molecular formula is C37H64N6O8. The predicted molar refractivity (Wildman–Crippen MR) is 197 cm³/mol. The van der Waals surface area contributed by atoms with Gasteiger partial charge in [-0.3, -0.25) is 19.1 Å². The Morgan fingerprint density at radius 1 is 0.882 bits per heavy atom. The van der Waals surface area contributed by atoms with E-state index in [1.54, 1.807) is 34.6 Å². The van der Waals surface area contributed by atoms with Gasteiger partial charge in [-0.1, -0.05) is 111 Å². The fourth-order valence-electron chi connectivity index (χ4n) is 5.49. The minimum atomic E-state index is -0.982. The number of ether oxygens (including phenoxy) is 4. The Morgan fingerprint density at radius 3 is 1.98 bits per heavy atom. The molecule has 51 heavy (non-hydrogen) atoms. The zero-order valence-corrected chi connectivity index (χ0v) is 31.9. The number of aromatic amines is 1. The van der Waals surface area contributed by atoms with Crippen molar-refractivity contribution >= 4 is 35.1 Å². The lowest BCUT2D eigenvalue weighted by molar-refractivity contribution is -0.159. The second kappa shape index (κ2) is 23.7. The van der Waals surface area contributed by atoms with Crippen LogP contribution in [-0.4, -0.2) is 68.5 Å². The number of carbonyl (C=O) groups excluding carboxylic acids is 3. The standard InChI is InChI=1S/C37H64N6O8/c1-7-8-9-10-11-12-13-14-15-16-17-18-19-20-21-22-29(44)48-23-28(50-26-43-25-39-31-32(43)41-35(38)42-33(31)45)24-49-34(46)30(27(2)3)40-36(47)51-37(4,5)6/h25,27-28,30H,7-24,26H2,1-6H3,(H,40,47)(H3,38,41,42,45)/t28?,30-/m0/s1. The van der Waals surface area contributed by atoms with Gasteiger partial charge in [0.15, 0.2) is 11.2 Å². The van der Waals surface area contributed by atoms with Gasteiger partial charge in [-0.05, 0) is 33.1 Å². The molecule has 0 aliphatic heterocycles. The van der Waals surface area contributed by atoms with Crippen molar-refractivity contribution in [1.82, 2.24) is 24.8 Å². The van der Waals surface area contributed by atoms with Gasteiger partial charge >= 0.3 is 18.0 Å². The largest absolute Gasteiger partial charge is 0.463 e. The number of aromatic nitrogens is 4. The molecular weight excluding hydrogens is 656 g/mol. The summed E-state index contributed by atoms with van der Waals surface area (Å²) in [5.41, 5.74) is 4.76. The minimum absolute atomic E-state index is 0.0790. The second-order valence-corrected chi connectivity index (χ2v) is 14.6. The van der Waals surface area contributed by atoms with Crippen molar-refractivity contribution in [2.75, 3.05) is 18.9 Å². The monoisotopic (exact) mass is 720 g/mol. The van der Waals surface area contributed by atoms with E-state index in [4.69, 9.17) is 24.7 Å². The highest BCUT2D eigenvalue weighted by Crippen LogP contribution is 2.15. The van der Waals surface area contributed by atoms with Crippen molar-refractivity contribution in [1.29, 1.82) is 0 Å². The molecule has 0 saturated carbocycles. The van der Waals surface area contributed by atoms with Crippen LogP contribution in [0.3, 0.4) is 0 Å². The molecule has 0 aliphatic rings. The van der Waals surface area contributed by atoms with E-state index in [9.17, 15) is 19.2 Å². The van der Waals surface area contributed by atoms with Gasteiger partial charge in [0.25, 0.3) is 5.56 Å². The molecule has 14 heteroatoms. The van der Waals surface area contributed by atoms with E-state index in [1.807, 2.05) is 0 Å². The van der Waals surface area contributed by atoms with Crippen LogP contribution in [0.2, 0.25) is 0 Å². The van der Waals surface area contributed by atoms with Crippen LogP contribution in [0.4, 0.5) is 10.7 Å². The molecule has 1 amide bonds. The first-order valence-corrected chi connectivity index (χ1v) is 18.9. The third-order valence-corrected chi connectivity index (χ3v) is 8.36. The molecule has 2 atom stereocenters. The van der Waals surface area contributed by atoms with E-state index >= 15 is 0 Å². The maximum Gasteiger partial charge on any atom is 0.408 e. The highest BCUT2D eigenvalue weighted by molar-refractivity contribution is 5.81. The predicted octanol–water partition coefficient (Wildman–Crippen LogP) is 6.94. The number of H-pyrrole nitrogens is 1. The zero-order chi connectivity index (χ0) is 37.6. The van der Waals surface area contributed by atoms with Crippen molar-refractivity contribution in [3.05, 3.63) is 16.7 Å². The number of nitrogen functional groups attached to an aromatic ring is 1. The Labute approximate surface area is 303 Å². The van der Waals surface area contributed by atoms with Gasteiger partial charge < -0.3 is 30.0 Å². The maximum atomic E-state index is 13.0. The van der Waals surface area contributed by atoms with Crippen LogP contribution in [0, 0.1) is 5.92 Å². The molecule has 0 aromatic carbocycles. The molecule has 1 unspecified atom stereocenters. The highest BCUT2D eigenvalue weighted by atomic mass is 16.6. The van der Waals surface area contributed by atoms with Gasteiger partial charge in [-0.2, -0.15) is 4.98 Å². The summed E-state index contributed by atoms with van der Waals surface area (Å²) < 4.78 is 23.8. The lowest BCUT2D eigenvalue weighted by Crippen LogP contribution is -2.47. The fourth-order valence-corrected chi connectivity index (χ4v) is 5.49. The number of esters is 2. The molecule has 4 N–H and O–H groups in total. The molecule has 290 valence electrons. The topological polar surface area (TPSA) is 190 Å². The van der Waals surface area contributed by atoms with Gasteiger partial charge in [0, 0.05) is 6.42 Å². The lowest BCUT2D eigenvalue weighted by atomic mass is 10.0. The number of unbranched alkanes of at least 4 members (excludes halogenated alkanes) is 14. The van der Waals surface area contributed by atoms with E-state index in [2.05, 4.69) is 27.2 Å². The molecule has 2 aromatic rings. The third kappa shape index (κ3) is 18.4.